The summed E-state index contributed by atoms with van der Waals surface area (Å²) < 4.78 is 73.4. The van der Waals surface area contributed by atoms with Crippen LogP contribution in [-0.2, 0) is 16.2 Å². The van der Waals surface area contributed by atoms with Crippen LogP contribution in [0, 0.1) is 6.92 Å². The molecule has 162 valence electrons. The van der Waals surface area contributed by atoms with Crippen LogP contribution in [0.3, 0.4) is 0 Å². The highest BCUT2D eigenvalue weighted by Crippen LogP contribution is 2.36. The third-order valence-corrected chi connectivity index (χ3v) is 5.79. The maximum Gasteiger partial charge on any atom is 0.433 e. The van der Waals surface area contributed by atoms with E-state index < -0.39 is 21.9 Å². The van der Waals surface area contributed by atoms with E-state index in [4.69, 9.17) is 4.74 Å². The highest BCUT2D eigenvalue weighted by atomic mass is 32.2. The van der Waals surface area contributed by atoms with Crippen molar-refractivity contribution >= 4 is 26.6 Å². The Bertz CT molecular complexity index is 1380. The van der Waals surface area contributed by atoms with Crippen LogP contribution in [0.25, 0.3) is 16.6 Å². The lowest BCUT2D eigenvalue weighted by atomic mass is 10.1. The molecule has 0 spiro atoms. The number of pyridine rings is 1. The number of nitrogens with zero attached hydrogens (tertiary/aromatic N) is 4. The van der Waals surface area contributed by atoms with Gasteiger partial charge in [-0.15, -0.1) is 0 Å². The Morgan fingerprint density at radius 3 is 2.71 bits per heavy atom. The van der Waals surface area contributed by atoms with Gasteiger partial charge in [0.2, 0.25) is 0 Å². The summed E-state index contributed by atoms with van der Waals surface area (Å²) in [4.78, 5) is 3.03. The third-order valence-electron chi connectivity index (χ3n) is 4.49. The second-order valence-electron chi connectivity index (χ2n) is 6.51. The molecule has 9 nitrogen and oxygen atoms in total. The van der Waals surface area contributed by atoms with Crippen LogP contribution in [0.5, 0.6) is 5.75 Å². The Labute approximate surface area is 173 Å². The first kappa shape index (κ1) is 20.7. The molecule has 1 aromatic carbocycles. The van der Waals surface area contributed by atoms with Crippen LogP contribution in [0.15, 0.2) is 47.8 Å². The fourth-order valence-corrected chi connectivity index (χ4v) is 4.03. The van der Waals surface area contributed by atoms with Gasteiger partial charge in [-0.2, -0.15) is 23.4 Å². The number of nitrogens with one attached hydrogen (secondary N) is 2. The van der Waals surface area contributed by atoms with E-state index in [-0.39, 0.29) is 22.0 Å². The standard InChI is InChI=1S/C18H15F3N6O3S/c1-10-16-13(25-24-10)3-4-14(30-2)17(16)26-31(28,29)12-8-23-27(9-12)11-5-6-22-15(7-11)18(19,20)21/h3-9,26H,1-2H3,(H,24,25). The Hall–Kier alpha value is -3.61. The number of hydrogen-bond donors (Lipinski definition) is 2. The first-order chi connectivity index (χ1) is 14.6. The normalized spacial score (nSPS) is 12.3. The zero-order valence-corrected chi connectivity index (χ0v) is 16.9. The quantitative estimate of drug-likeness (QED) is 0.480. The molecule has 13 heteroatoms. The molecule has 0 aliphatic heterocycles. The molecule has 0 aliphatic carbocycles. The van der Waals surface area contributed by atoms with E-state index in [9.17, 15) is 21.6 Å². The summed E-state index contributed by atoms with van der Waals surface area (Å²) in [6.45, 7) is 1.73. The second-order valence-corrected chi connectivity index (χ2v) is 8.19. The molecule has 0 unspecified atom stereocenters. The number of methoxy groups -OCH3 is 1. The molecule has 0 aliphatic rings. The smallest absolute Gasteiger partial charge is 0.433 e. The van der Waals surface area contributed by atoms with E-state index in [1.165, 1.54) is 13.2 Å². The molecule has 3 aromatic heterocycles. The van der Waals surface area contributed by atoms with Crippen molar-refractivity contribution < 1.29 is 26.3 Å². The average Bonchev–Trinajstić information content (AvgIpc) is 3.36. The lowest BCUT2D eigenvalue weighted by Crippen LogP contribution is -2.13. The summed E-state index contributed by atoms with van der Waals surface area (Å²) in [5.74, 6) is 0.275. The number of H-pyrrole nitrogens is 1. The Balaban J connectivity index is 1.72. The molecule has 0 amide bonds. The number of ether oxygens (including phenoxy) is 1. The van der Waals surface area contributed by atoms with Crippen molar-refractivity contribution in [3.8, 4) is 11.4 Å². The minimum Gasteiger partial charge on any atom is -0.495 e. The van der Waals surface area contributed by atoms with Gasteiger partial charge in [-0.05, 0) is 31.2 Å². The van der Waals surface area contributed by atoms with Gasteiger partial charge in [0.15, 0.2) is 0 Å². The molecule has 0 bridgehead atoms. The van der Waals surface area contributed by atoms with Gasteiger partial charge in [-0.1, -0.05) is 0 Å². The van der Waals surface area contributed by atoms with Crippen molar-refractivity contribution in [1.29, 1.82) is 0 Å². The molecule has 4 rings (SSSR count). The molecule has 2 N–H and O–H groups in total. The minimum atomic E-state index is -4.64. The zero-order valence-electron chi connectivity index (χ0n) is 16.1. The van der Waals surface area contributed by atoms with Gasteiger partial charge in [-0.3, -0.25) is 14.8 Å². The molecular weight excluding hydrogens is 437 g/mol. The molecule has 0 radical (unpaired) electrons. The molecule has 31 heavy (non-hydrogen) atoms. The molecule has 0 saturated carbocycles. The Morgan fingerprint density at radius 2 is 2.00 bits per heavy atom. The number of aryl methyl sites for hydroxylation is 1. The maximum atomic E-state index is 13.0. The van der Waals surface area contributed by atoms with E-state index >= 15 is 0 Å². The summed E-state index contributed by atoms with van der Waals surface area (Å²) in [7, 11) is -2.75. The average molecular weight is 452 g/mol. The highest BCUT2D eigenvalue weighted by molar-refractivity contribution is 7.92. The minimum absolute atomic E-state index is 0.00846. The molecule has 0 saturated heterocycles. The third kappa shape index (κ3) is 3.79. The monoisotopic (exact) mass is 452 g/mol. The van der Waals surface area contributed by atoms with E-state index in [0.717, 1.165) is 29.3 Å². The number of anilines is 1. The molecule has 0 atom stereocenters. The maximum absolute atomic E-state index is 13.0. The first-order valence-electron chi connectivity index (χ1n) is 8.73. The van der Waals surface area contributed by atoms with Crippen molar-refractivity contribution in [3.63, 3.8) is 0 Å². The van der Waals surface area contributed by atoms with Gasteiger partial charge in [0, 0.05) is 11.9 Å². The fraction of sp³-hybridized carbons (Fsp3) is 0.167. The topological polar surface area (TPSA) is 115 Å². The van der Waals surface area contributed by atoms with Gasteiger partial charge in [0.05, 0.1) is 36.1 Å². The Morgan fingerprint density at radius 1 is 1.23 bits per heavy atom. The van der Waals surface area contributed by atoms with Gasteiger partial charge >= 0.3 is 6.18 Å². The van der Waals surface area contributed by atoms with E-state index in [2.05, 4.69) is 25.0 Å². The summed E-state index contributed by atoms with van der Waals surface area (Å²) >= 11 is 0. The van der Waals surface area contributed by atoms with Crippen LogP contribution >= 0.6 is 0 Å². The van der Waals surface area contributed by atoms with Crippen LogP contribution in [-0.4, -0.2) is 40.5 Å². The number of aromatic nitrogens is 5. The predicted octanol–water partition coefficient (Wildman–Crippen LogP) is 3.28. The second kappa shape index (κ2) is 7.27. The number of halogens is 3. The fourth-order valence-electron chi connectivity index (χ4n) is 3.01. The summed E-state index contributed by atoms with van der Waals surface area (Å²) in [6, 6.07) is 5.30. The van der Waals surface area contributed by atoms with Crippen molar-refractivity contribution in [2.24, 2.45) is 0 Å². The number of benzene rings is 1. The largest absolute Gasteiger partial charge is 0.495 e. The van der Waals surface area contributed by atoms with Gasteiger partial charge in [-0.25, -0.2) is 13.1 Å². The van der Waals surface area contributed by atoms with E-state index in [0.29, 0.717) is 16.6 Å². The number of rotatable bonds is 5. The molecule has 3 heterocycles. The van der Waals surface area contributed by atoms with E-state index in [1.807, 2.05) is 0 Å². The number of alkyl halides is 3. The van der Waals surface area contributed by atoms with E-state index in [1.54, 1.807) is 19.1 Å². The lowest BCUT2D eigenvalue weighted by Gasteiger charge is -2.12. The van der Waals surface area contributed by atoms with Crippen LogP contribution in [0.1, 0.15) is 11.4 Å². The molecular formula is C18H15F3N6O3S. The summed E-state index contributed by atoms with van der Waals surface area (Å²) in [5, 5.41) is 11.3. The SMILES string of the molecule is COc1ccc2n[nH]c(C)c2c1NS(=O)(=O)c1cnn(-c2ccnc(C(F)(F)F)c2)c1. The summed E-state index contributed by atoms with van der Waals surface area (Å²) in [6.07, 6.45) is -1.53. The molecule has 4 aromatic rings. The first-order valence-corrected chi connectivity index (χ1v) is 10.2. The van der Waals surface area contributed by atoms with Crippen LogP contribution in [0.2, 0.25) is 0 Å². The van der Waals surface area contributed by atoms with Crippen molar-refractivity contribution in [1.82, 2.24) is 25.0 Å². The van der Waals surface area contributed by atoms with Crippen molar-refractivity contribution in [3.05, 3.63) is 54.2 Å². The van der Waals surface area contributed by atoms with Crippen molar-refractivity contribution in [2.45, 2.75) is 18.0 Å². The number of aromatic amines is 1. The van der Waals surface area contributed by atoms with Crippen LogP contribution in [0.4, 0.5) is 18.9 Å². The molecule has 0 fully saturated rings. The van der Waals surface area contributed by atoms with Crippen LogP contribution < -0.4 is 9.46 Å². The zero-order chi connectivity index (χ0) is 22.4. The lowest BCUT2D eigenvalue weighted by molar-refractivity contribution is -0.141. The Kier molecular flexibility index (Phi) is 4.84. The highest BCUT2D eigenvalue weighted by Gasteiger charge is 2.32. The summed E-state index contributed by atoms with van der Waals surface area (Å²) in [5.41, 5.74) is 0.230. The van der Waals surface area contributed by atoms with Gasteiger partial charge in [0.1, 0.15) is 22.0 Å². The van der Waals surface area contributed by atoms with Crippen molar-refractivity contribution in [2.75, 3.05) is 11.8 Å². The number of sulfonamides is 1. The number of fused-ring (bicyclic) bond motifs is 1. The predicted molar refractivity (Wildman–Crippen MR) is 105 cm³/mol. The van der Waals surface area contributed by atoms with Gasteiger partial charge < -0.3 is 4.74 Å². The number of hydrogen-bond acceptors (Lipinski definition) is 6. The van der Waals surface area contributed by atoms with Gasteiger partial charge in [0.25, 0.3) is 10.0 Å².